The summed E-state index contributed by atoms with van der Waals surface area (Å²) < 4.78 is 23.6. The first kappa shape index (κ1) is 21.5. The van der Waals surface area contributed by atoms with Gasteiger partial charge in [-0.3, -0.25) is 4.79 Å². The molecule has 30 heavy (non-hydrogen) atoms. The van der Waals surface area contributed by atoms with Gasteiger partial charge in [-0.15, -0.1) is 0 Å². The maximum absolute atomic E-state index is 13.1. The third kappa shape index (κ3) is 6.69. The van der Waals surface area contributed by atoms with Gasteiger partial charge in [-0.2, -0.15) is 4.98 Å². The normalized spacial score (nSPS) is 10.7. The van der Waals surface area contributed by atoms with Crippen LogP contribution in [0.15, 0.2) is 53.1 Å². The van der Waals surface area contributed by atoms with Crippen molar-refractivity contribution in [1.82, 2.24) is 15.5 Å². The zero-order valence-corrected chi connectivity index (χ0v) is 17.1. The molecule has 158 valence electrons. The van der Waals surface area contributed by atoms with Gasteiger partial charge in [-0.05, 0) is 61.2 Å². The average Bonchev–Trinajstić information content (AvgIpc) is 3.24. The van der Waals surface area contributed by atoms with Crippen LogP contribution in [0.4, 0.5) is 4.39 Å². The Bertz CT molecular complexity index is 941. The number of nitrogens with zero attached hydrogens (tertiary/aromatic N) is 2. The highest BCUT2D eigenvalue weighted by atomic mass is 19.1. The summed E-state index contributed by atoms with van der Waals surface area (Å²) in [7, 11) is 1.62. The maximum atomic E-state index is 13.1. The molecule has 0 saturated heterocycles. The number of carbonyl (C=O) groups is 1. The van der Waals surface area contributed by atoms with Gasteiger partial charge in [0.15, 0.2) is 0 Å². The van der Waals surface area contributed by atoms with Crippen LogP contribution in [0.5, 0.6) is 5.75 Å². The predicted molar refractivity (Wildman–Crippen MR) is 112 cm³/mol. The second-order valence-electron chi connectivity index (χ2n) is 7.03. The van der Waals surface area contributed by atoms with Gasteiger partial charge in [0.1, 0.15) is 11.6 Å². The van der Waals surface area contributed by atoms with E-state index in [-0.39, 0.29) is 11.7 Å². The molecule has 0 unspecified atom stereocenters. The van der Waals surface area contributed by atoms with Crippen LogP contribution in [-0.4, -0.2) is 29.7 Å². The molecule has 0 bridgehead atoms. The minimum atomic E-state index is -0.273. The van der Waals surface area contributed by atoms with Crippen LogP contribution in [0.1, 0.15) is 37.1 Å². The van der Waals surface area contributed by atoms with E-state index in [1.54, 1.807) is 13.2 Å². The largest absolute Gasteiger partial charge is 0.497 e. The molecule has 0 aliphatic heterocycles. The monoisotopic (exact) mass is 411 g/mol. The number of hydrogen-bond acceptors (Lipinski definition) is 5. The molecule has 0 saturated carbocycles. The Morgan fingerprint density at radius 3 is 2.70 bits per heavy atom. The smallest absolute Gasteiger partial charge is 0.226 e. The predicted octanol–water partition coefficient (Wildman–Crippen LogP) is 4.35. The number of aryl methyl sites for hydroxylation is 2. The second kappa shape index (κ2) is 11.1. The van der Waals surface area contributed by atoms with Crippen molar-refractivity contribution in [3.05, 3.63) is 65.8 Å². The summed E-state index contributed by atoms with van der Waals surface area (Å²) in [6.45, 7) is 0.628. The number of aromatic nitrogens is 2. The van der Waals surface area contributed by atoms with E-state index in [0.29, 0.717) is 37.5 Å². The number of rotatable bonds is 11. The molecule has 0 aliphatic rings. The molecule has 0 atom stereocenters. The van der Waals surface area contributed by atoms with Gasteiger partial charge in [-0.25, -0.2) is 4.39 Å². The van der Waals surface area contributed by atoms with Crippen LogP contribution in [0.2, 0.25) is 0 Å². The van der Waals surface area contributed by atoms with Gasteiger partial charge in [0.25, 0.3) is 0 Å². The number of ether oxygens (including phenoxy) is 1. The molecule has 3 rings (SSSR count). The molecule has 0 spiro atoms. The second-order valence-corrected chi connectivity index (χ2v) is 7.03. The summed E-state index contributed by atoms with van der Waals surface area (Å²) >= 11 is 0. The van der Waals surface area contributed by atoms with Gasteiger partial charge in [0.05, 0.1) is 7.11 Å². The highest BCUT2D eigenvalue weighted by molar-refractivity contribution is 5.76. The molecule has 0 radical (unpaired) electrons. The van der Waals surface area contributed by atoms with Crippen molar-refractivity contribution in [3.8, 4) is 17.1 Å². The number of methoxy groups -OCH3 is 1. The van der Waals surface area contributed by atoms with Crippen LogP contribution < -0.4 is 10.1 Å². The van der Waals surface area contributed by atoms with E-state index in [2.05, 4.69) is 15.5 Å². The Hall–Kier alpha value is -3.22. The van der Waals surface area contributed by atoms with Crippen molar-refractivity contribution in [2.75, 3.05) is 13.7 Å². The van der Waals surface area contributed by atoms with E-state index < -0.39 is 0 Å². The fourth-order valence-corrected chi connectivity index (χ4v) is 3.06. The molecular formula is C23H26FN3O3. The molecule has 1 heterocycles. The number of halogens is 1. The maximum Gasteiger partial charge on any atom is 0.226 e. The summed E-state index contributed by atoms with van der Waals surface area (Å²) in [6.07, 6.45) is 4.34. The molecule has 0 aliphatic carbocycles. The van der Waals surface area contributed by atoms with Crippen LogP contribution in [0.3, 0.4) is 0 Å². The van der Waals surface area contributed by atoms with Crippen molar-refractivity contribution < 1.29 is 18.4 Å². The van der Waals surface area contributed by atoms with E-state index in [9.17, 15) is 9.18 Å². The quantitative estimate of drug-likeness (QED) is 0.475. The first-order chi connectivity index (χ1) is 14.6. The van der Waals surface area contributed by atoms with Gasteiger partial charge < -0.3 is 14.6 Å². The molecule has 2 aromatic carbocycles. The van der Waals surface area contributed by atoms with Crippen molar-refractivity contribution >= 4 is 5.91 Å². The van der Waals surface area contributed by atoms with Crippen molar-refractivity contribution in [1.29, 1.82) is 0 Å². The summed E-state index contributed by atoms with van der Waals surface area (Å²) in [5.41, 5.74) is 1.71. The summed E-state index contributed by atoms with van der Waals surface area (Å²) in [5, 5.41) is 6.93. The molecular weight excluding hydrogens is 385 g/mol. The average molecular weight is 411 g/mol. The number of carbonyl (C=O) groups excluding carboxylic acids is 1. The molecule has 3 aromatic rings. The lowest BCUT2D eigenvalue weighted by Gasteiger charge is -2.05. The van der Waals surface area contributed by atoms with Gasteiger partial charge >= 0.3 is 0 Å². The third-order valence-corrected chi connectivity index (χ3v) is 4.74. The summed E-state index contributed by atoms with van der Waals surface area (Å²) in [5.74, 6) is 1.67. The van der Waals surface area contributed by atoms with Crippen LogP contribution in [0.25, 0.3) is 11.4 Å². The first-order valence-electron chi connectivity index (χ1n) is 10.1. The molecule has 1 amide bonds. The van der Waals surface area contributed by atoms with E-state index >= 15 is 0 Å². The fourth-order valence-electron chi connectivity index (χ4n) is 3.06. The summed E-state index contributed by atoms with van der Waals surface area (Å²) in [6, 6.07) is 13.9. The zero-order chi connectivity index (χ0) is 21.2. The lowest BCUT2D eigenvalue weighted by Crippen LogP contribution is -2.24. The Kier molecular flexibility index (Phi) is 7.94. The summed E-state index contributed by atoms with van der Waals surface area (Å²) in [4.78, 5) is 16.3. The van der Waals surface area contributed by atoms with Crippen molar-refractivity contribution in [3.63, 3.8) is 0 Å². The number of amides is 1. The van der Waals surface area contributed by atoms with E-state index in [1.165, 1.54) is 12.1 Å². The standard InChI is InChI=1S/C23H26FN3O3/c1-29-20-12-10-18(11-13-20)23-26-22(30-27-23)8-3-2-4-15-25-21(28)14-9-17-6-5-7-19(24)16-17/h5-7,10-13,16H,2-4,8-9,14-15H2,1H3,(H,25,28). The Morgan fingerprint density at radius 1 is 1.10 bits per heavy atom. The Morgan fingerprint density at radius 2 is 1.93 bits per heavy atom. The van der Waals surface area contributed by atoms with Crippen LogP contribution in [0, 0.1) is 5.82 Å². The number of hydrogen-bond donors (Lipinski definition) is 1. The van der Waals surface area contributed by atoms with Gasteiger partial charge in [0.2, 0.25) is 17.6 Å². The van der Waals surface area contributed by atoms with Crippen LogP contribution >= 0.6 is 0 Å². The van der Waals surface area contributed by atoms with Gasteiger partial charge in [-0.1, -0.05) is 23.7 Å². The van der Waals surface area contributed by atoms with E-state index in [1.807, 2.05) is 30.3 Å². The number of benzene rings is 2. The number of unbranched alkanes of at least 4 members (excludes halogenated alkanes) is 2. The molecule has 6 nitrogen and oxygen atoms in total. The molecule has 1 N–H and O–H groups in total. The van der Waals surface area contributed by atoms with Crippen molar-refractivity contribution in [2.45, 2.75) is 38.5 Å². The zero-order valence-electron chi connectivity index (χ0n) is 17.1. The van der Waals surface area contributed by atoms with E-state index in [4.69, 9.17) is 9.26 Å². The minimum absolute atomic E-state index is 0.0136. The molecule has 7 heteroatoms. The lowest BCUT2D eigenvalue weighted by atomic mass is 10.1. The molecule has 1 aromatic heterocycles. The third-order valence-electron chi connectivity index (χ3n) is 4.74. The Balaban J connectivity index is 1.29. The first-order valence-corrected chi connectivity index (χ1v) is 10.1. The number of nitrogens with one attached hydrogen (secondary N) is 1. The van der Waals surface area contributed by atoms with E-state index in [0.717, 1.165) is 36.1 Å². The Labute approximate surface area is 175 Å². The topological polar surface area (TPSA) is 77.3 Å². The lowest BCUT2D eigenvalue weighted by molar-refractivity contribution is -0.121. The van der Waals surface area contributed by atoms with Crippen molar-refractivity contribution in [2.24, 2.45) is 0 Å². The highest BCUT2D eigenvalue weighted by Crippen LogP contribution is 2.20. The SMILES string of the molecule is COc1ccc(-c2noc(CCCCCNC(=O)CCc3cccc(F)c3)n2)cc1. The molecule has 0 fully saturated rings. The van der Waals surface area contributed by atoms with Gasteiger partial charge in [0, 0.05) is 24.9 Å². The minimum Gasteiger partial charge on any atom is -0.497 e. The highest BCUT2D eigenvalue weighted by Gasteiger charge is 2.09. The van der Waals surface area contributed by atoms with Crippen LogP contribution in [-0.2, 0) is 17.6 Å². The fraction of sp³-hybridized carbons (Fsp3) is 0.348.